The van der Waals surface area contributed by atoms with Crippen LogP contribution in [0.25, 0.3) is 0 Å². The van der Waals surface area contributed by atoms with Gasteiger partial charge < -0.3 is 9.47 Å². The number of rotatable bonds is 4. The van der Waals surface area contributed by atoms with Crippen LogP contribution in [0.5, 0.6) is 17.4 Å². The van der Waals surface area contributed by atoms with Crippen molar-refractivity contribution in [3.8, 4) is 17.4 Å². The smallest absolute Gasteiger partial charge is 0.343 e. The minimum atomic E-state index is -0.329. The molecule has 1 N–H and O–H groups in total. The van der Waals surface area contributed by atoms with Gasteiger partial charge in [0.1, 0.15) is 10.8 Å². The minimum absolute atomic E-state index is 0.198. The summed E-state index contributed by atoms with van der Waals surface area (Å²) in [5.41, 5.74) is 0.241. The number of hydrogen-bond donors (Lipinski definition) is 1. The van der Waals surface area contributed by atoms with Crippen molar-refractivity contribution in [2.24, 2.45) is 0 Å². The van der Waals surface area contributed by atoms with Gasteiger partial charge in [0.2, 0.25) is 5.88 Å². The average Bonchev–Trinajstić information content (AvgIpc) is 3.06. The number of benzene rings is 1. The molecule has 0 aliphatic carbocycles. The van der Waals surface area contributed by atoms with Gasteiger partial charge in [-0.2, -0.15) is 5.10 Å². The van der Waals surface area contributed by atoms with Crippen molar-refractivity contribution < 1.29 is 9.47 Å². The van der Waals surface area contributed by atoms with E-state index in [1.165, 1.54) is 0 Å². The van der Waals surface area contributed by atoms with E-state index in [-0.39, 0.29) is 22.6 Å². The first-order chi connectivity index (χ1) is 13.1. The van der Waals surface area contributed by atoms with Gasteiger partial charge >= 0.3 is 5.69 Å². The van der Waals surface area contributed by atoms with Crippen LogP contribution in [0.3, 0.4) is 0 Å². The van der Waals surface area contributed by atoms with E-state index < -0.39 is 0 Å². The molecule has 2 aromatic heterocycles. The fourth-order valence-corrected chi connectivity index (χ4v) is 3.78. The Balaban J connectivity index is 1.77. The molecule has 0 spiro atoms. The zero-order valence-electron chi connectivity index (χ0n) is 14.4. The molecule has 0 saturated heterocycles. The van der Waals surface area contributed by atoms with Gasteiger partial charge in [-0.05, 0) is 31.0 Å². The fourth-order valence-electron chi connectivity index (χ4n) is 3.25. The third-order valence-corrected chi connectivity index (χ3v) is 5.06. The predicted molar refractivity (Wildman–Crippen MR) is 101 cm³/mol. The van der Waals surface area contributed by atoms with Crippen LogP contribution < -0.4 is 15.2 Å². The van der Waals surface area contributed by atoms with E-state index in [0.29, 0.717) is 28.0 Å². The second-order valence-electron chi connectivity index (χ2n) is 6.12. The Morgan fingerprint density at radius 3 is 2.78 bits per heavy atom. The molecule has 0 bridgehead atoms. The van der Waals surface area contributed by atoms with Gasteiger partial charge in [0, 0.05) is 6.42 Å². The standard InChI is InChI=1S/C18H16Cl2N4O3/c1-26-13-6-2-3-7-14(13)27-17-11(20)9-10(19)16(21-17)12-5-4-8-15-22-23-18(25)24(12)15/h2-3,6-7,9,12H,4-5,8H2,1H3,(H,23,25). The van der Waals surface area contributed by atoms with E-state index in [1.54, 1.807) is 29.9 Å². The maximum absolute atomic E-state index is 12.2. The Labute approximate surface area is 164 Å². The molecule has 1 aromatic carbocycles. The summed E-state index contributed by atoms with van der Waals surface area (Å²) >= 11 is 12.7. The van der Waals surface area contributed by atoms with Gasteiger partial charge in [-0.1, -0.05) is 35.3 Å². The molecule has 0 amide bonds. The molecule has 7 nitrogen and oxygen atoms in total. The summed E-state index contributed by atoms with van der Waals surface area (Å²) < 4.78 is 12.8. The lowest BCUT2D eigenvalue weighted by atomic mass is 10.0. The van der Waals surface area contributed by atoms with E-state index >= 15 is 0 Å². The fraction of sp³-hybridized carbons (Fsp3) is 0.278. The number of H-pyrrole nitrogens is 1. The van der Waals surface area contributed by atoms with Crippen molar-refractivity contribution in [2.75, 3.05) is 7.11 Å². The quantitative estimate of drug-likeness (QED) is 0.707. The summed E-state index contributed by atoms with van der Waals surface area (Å²) in [5, 5.41) is 7.21. The van der Waals surface area contributed by atoms with Crippen molar-refractivity contribution >= 4 is 23.2 Å². The molecule has 3 aromatic rings. The van der Waals surface area contributed by atoms with Crippen molar-refractivity contribution in [1.82, 2.24) is 19.7 Å². The molecule has 0 radical (unpaired) electrons. The summed E-state index contributed by atoms with van der Waals surface area (Å²) in [6.45, 7) is 0. The first-order valence-electron chi connectivity index (χ1n) is 8.41. The Hall–Kier alpha value is -2.51. The Bertz CT molecular complexity index is 1050. The van der Waals surface area contributed by atoms with Gasteiger partial charge in [0.25, 0.3) is 0 Å². The SMILES string of the molecule is COc1ccccc1Oc1nc(C2CCCc3n[nH]c(=O)n32)c(Cl)cc1Cl. The molecule has 1 unspecified atom stereocenters. The van der Waals surface area contributed by atoms with Crippen LogP contribution in [0.1, 0.15) is 30.4 Å². The van der Waals surface area contributed by atoms with Gasteiger partial charge in [0.05, 0.1) is 23.9 Å². The molecular formula is C18H16Cl2N4O3. The van der Waals surface area contributed by atoms with E-state index in [0.717, 1.165) is 19.3 Å². The van der Waals surface area contributed by atoms with Crippen molar-refractivity contribution in [1.29, 1.82) is 0 Å². The third-order valence-electron chi connectivity index (χ3n) is 4.48. The number of ether oxygens (including phenoxy) is 2. The lowest BCUT2D eigenvalue weighted by molar-refractivity contribution is 0.371. The lowest BCUT2D eigenvalue weighted by Gasteiger charge is -2.24. The monoisotopic (exact) mass is 406 g/mol. The largest absolute Gasteiger partial charge is 0.493 e. The second-order valence-corrected chi connectivity index (χ2v) is 6.93. The number of aromatic amines is 1. The number of hydrogen-bond acceptors (Lipinski definition) is 5. The highest BCUT2D eigenvalue weighted by Gasteiger charge is 2.28. The summed E-state index contributed by atoms with van der Waals surface area (Å²) in [5.74, 6) is 1.92. The maximum Gasteiger partial charge on any atom is 0.343 e. The zero-order valence-corrected chi connectivity index (χ0v) is 15.9. The lowest BCUT2D eigenvalue weighted by Crippen LogP contribution is -2.29. The van der Waals surface area contributed by atoms with E-state index in [2.05, 4.69) is 15.2 Å². The number of aryl methyl sites for hydroxylation is 1. The summed E-state index contributed by atoms with van der Waals surface area (Å²) in [4.78, 5) is 16.7. The molecular weight excluding hydrogens is 391 g/mol. The second kappa shape index (κ2) is 7.25. The predicted octanol–water partition coefficient (Wildman–Crippen LogP) is 4.00. The number of nitrogens with zero attached hydrogens (tertiary/aromatic N) is 3. The number of nitrogens with one attached hydrogen (secondary N) is 1. The normalized spacial score (nSPS) is 16.0. The van der Waals surface area contributed by atoms with E-state index in [9.17, 15) is 4.79 Å². The van der Waals surface area contributed by atoms with Crippen LogP contribution >= 0.6 is 23.2 Å². The molecule has 1 atom stereocenters. The van der Waals surface area contributed by atoms with E-state index in [1.807, 2.05) is 12.1 Å². The molecule has 27 heavy (non-hydrogen) atoms. The van der Waals surface area contributed by atoms with Crippen LogP contribution in [0.2, 0.25) is 10.0 Å². The van der Waals surface area contributed by atoms with Crippen molar-refractivity contribution in [3.63, 3.8) is 0 Å². The number of pyridine rings is 1. The van der Waals surface area contributed by atoms with Crippen LogP contribution in [-0.2, 0) is 6.42 Å². The van der Waals surface area contributed by atoms with Crippen LogP contribution in [0.4, 0.5) is 0 Å². The highest BCUT2D eigenvalue weighted by atomic mass is 35.5. The molecule has 0 saturated carbocycles. The average molecular weight is 407 g/mol. The number of fused-ring (bicyclic) bond motifs is 1. The van der Waals surface area contributed by atoms with Gasteiger partial charge in [-0.3, -0.25) is 4.57 Å². The van der Waals surface area contributed by atoms with Crippen LogP contribution in [-0.4, -0.2) is 26.9 Å². The number of para-hydroxylation sites is 2. The maximum atomic E-state index is 12.2. The molecule has 3 heterocycles. The topological polar surface area (TPSA) is 82.0 Å². The van der Waals surface area contributed by atoms with Gasteiger partial charge in [-0.25, -0.2) is 14.9 Å². The third kappa shape index (κ3) is 3.28. The Morgan fingerprint density at radius 2 is 2.00 bits per heavy atom. The minimum Gasteiger partial charge on any atom is -0.493 e. The van der Waals surface area contributed by atoms with Gasteiger partial charge in [0.15, 0.2) is 11.5 Å². The van der Waals surface area contributed by atoms with Crippen LogP contribution in [0, 0.1) is 0 Å². The van der Waals surface area contributed by atoms with E-state index in [4.69, 9.17) is 32.7 Å². The summed E-state index contributed by atoms with van der Waals surface area (Å²) in [6, 6.07) is 8.44. The highest BCUT2D eigenvalue weighted by molar-refractivity contribution is 6.35. The highest BCUT2D eigenvalue weighted by Crippen LogP contribution is 2.39. The molecule has 0 fully saturated rings. The first kappa shape index (κ1) is 17.9. The molecule has 4 rings (SSSR count). The molecule has 9 heteroatoms. The number of aromatic nitrogens is 4. The van der Waals surface area contributed by atoms with Crippen LogP contribution in [0.15, 0.2) is 35.1 Å². The Kier molecular flexibility index (Phi) is 4.80. The van der Waals surface area contributed by atoms with Crippen molar-refractivity contribution in [2.45, 2.75) is 25.3 Å². The molecule has 1 aliphatic heterocycles. The Morgan fingerprint density at radius 1 is 1.22 bits per heavy atom. The number of halogens is 2. The van der Waals surface area contributed by atoms with Crippen molar-refractivity contribution in [3.05, 3.63) is 62.4 Å². The summed E-state index contributed by atoms with van der Waals surface area (Å²) in [7, 11) is 1.55. The van der Waals surface area contributed by atoms with Gasteiger partial charge in [-0.15, -0.1) is 0 Å². The zero-order chi connectivity index (χ0) is 19.0. The summed E-state index contributed by atoms with van der Waals surface area (Å²) in [6.07, 6.45) is 2.32. The first-order valence-corrected chi connectivity index (χ1v) is 9.16. The molecule has 1 aliphatic rings. The molecule has 140 valence electrons. The number of methoxy groups -OCH3 is 1.